The number of amides is 1. The first-order chi connectivity index (χ1) is 20.4. The number of carbonyl (C=O) groups is 2. The van der Waals surface area contributed by atoms with E-state index in [1.165, 1.54) is 0 Å². The fourth-order valence-corrected chi connectivity index (χ4v) is 6.36. The van der Waals surface area contributed by atoms with Crippen LogP contribution in [0.15, 0.2) is 21.9 Å². The number of nitrogens with zero attached hydrogens (tertiary/aromatic N) is 1. The Morgan fingerprint density at radius 2 is 1.75 bits per heavy atom. The van der Waals surface area contributed by atoms with Crippen molar-refractivity contribution in [3.63, 3.8) is 0 Å². The summed E-state index contributed by atoms with van der Waals surface area (Å²) in [5, 5.41) is 51.9. The van der Waals surface area contributed by atoms with Crippen LogP contribution in [0.3, 0.4) is 0 Å². The van der Waals surface area contributed by atoms with E-state index in [1.54, 1.807) is 0 Å². The van der Waals surface area contributed by atoms with Gasteiger partial charge in [-0.25, -0.2) is 18.7 Å². The van der Waals surface area contributed by atoms with Gasteiger partial charge in [0.05, 0.1) is 13.2 Å². The highest BCUT2D eigenvalue weighted by molar-refractivity contribution is 7.61. The van der Waals surface area contributed by atoms with E-state index in [0.29, 0.717) is 4.57 Å². The molecule has 3 rings (SSSR count). The number of ether oxygens (including phenoxy) is 3. The summed E-state index contributed by atoms with van der Waals surface area (Å²) in [5.41, 5.74) is -1.79. The molecule has 0 aliphatic carbocycles. The van der Waals surface area contributed by atoms with Crippen molar-refractivity contribution in [3.8, 4) is 0 Å². The molecule has 0 radical (unpaired) electrons. The zero-order chi connectivity index (χ0) is 33.1. The quantitative estimate of drug-likeness (QED) is 0.0893. The first kappa shape index (κ1) is 36.1. The molecule has 22 nitrogen and oxygen atoms in total. The minimum atomic E-state index is -5.74. The van der Waals surface area contributed by atoms with Crippen LogP contribution in [0.1, 0.15) is 20.1 Å². The SMILES string of the molecule is CC(=O)N[C@H]1[C@@H](OP(=O)(O)OP(=O)(O)OC[C@H]2O[C@@H](n3ccc(=O)[nH]c3=O)[C@H](O)[C@@H]2O)O[C@H](CO)[C@@H](O)[C@@H]1O[C@H](C)C(=O)O. The maximum atomic E-state index is 12.7. The molecule has 2 aliphatic rings. The van der Waals surface area contributed by atoms with Crippen molar-refractivity contribution < 1.29 is 81.6 Å². The van der Waals surface area contributed by atoms with E-state index < -0.39 is 113 Å². The number of rotatable bonds is 13. The molecule has 1 aromatic rings. The molecule has 44 heavy (non-hydrogen) atoms. The van der Waals surface area contributed by atoms with Gasteiger partial charge in [0.2, 0.25) is 5.91 Å². The Bertz CT molecular complexity index is 1400. The van der Waals surface area contributed by atoms with Crippen LogP contribution in [0.2, 0.25) is 0 Å². The lowest BCUT2D eigenvalue weighted by molar-refractivity contribution is -0.262. The number of aliphatic hydroxyl groups excluding tert-OH is 4. The van der Waals surface area contributed by atoms with Crippen LogP contribution in [-0.4, -0.2) is 125 Å². The van der Waals surface area contributed by atoms with Gasteiger partial charge in [-0.1, -0.05) is 0 Å². The third-order valence-electron chi connectivity index (χ3n) is 6.24. The van der Waals surface area contributed by atoms with E-state index in [-0.39, 0.29) is 0 Å². The summed E-state index contributed by atoms with van der Waals surface area (Å²) in [6.45, 7) is -0.00580. The molecular formula is C20H31N3O19P2. The zero-order valence-corrected chi connectivity index (χ0v) is 24.5. The van der Waals surface area contributed by atoms with Gasteiger partial charge in [-0.05, 0) is 6.92 Å². The van der Waals surface area contributed by atoms with Crippen molar-refractivity contribution in [3.05, 3.63) is 33.1 Å². The number of aliphatic hydroxyl groups is 4. The summed E-state index contributed by atoms with van der Waals surface area (Å²) in [6.07, 6.45) is -14.8. The van der Waals surface area contributed by atoms with Gasteiger partial charge in [0.15, 0.2) is 18.6 Å². The number of phosphoric ester groups is 2. The number of phosphoric acid groups is 2. The van der Waals surface area contributed by atoms with Crippen LogP contribution in [0.25, 0.3) is 0 Å². The van der Waals surface area contributed by atoms with E-state index in [9.17, 15) is 63.6 Å². The number of H-pyrrole nitrogens is 1. The van der Waals surface area contributed by atoms with Crippen molar-refractivity contribution in [1.29, 1.82) is 0 Å². The second-order valence-electron chi connectivity index (χ2n) is 9.51. The zero-order valence-electron chi connectivity index (χ0n) is 22.7. The molecule has 2 aliphatic heterocycles. The molecule has 2 saturated heterocycles. The molecule has 2 unspecified atom stereocenters. The van der Waals surface area contributed by atoms with Crippen molar-refractivity contribution in [2.45, 2.75) is 75.1 Å². The molecule has 12 atom stereocenters. The van der Waals surface area contributed by atoms with Crippen LogP contribution >= 0.6 is 15.6 Å². The standard InChI is InChI=1S/C20H31N3O19P2/c1-7(18(30)31)38-16-12(21-8(2)25)19(40-9(5-24)14(16)28)41-44(35,36)42-43(33,34)37-6-10-13(27)15(29)17(39-10)23-4-3-11(26)22-20(23)32/h3-4,7,9-10,12-17,19,24,27-29H,5-6H2,1-2H3,(H,21,25)(H,30,31)(H,33,34)(H,35,36)(H,22,26,32)/t7-,9-,10-,12-,13-,14-,15-,16-,17-,19-/m1/s1. The first-order valence-electron chi connectivity index (χ1n) is 12.5. The lowest BCUT2D eigenvalue weighted by Gasteiger charge is -2.44. The second-order valence-corrected chi connectivity index (χ2v) is 12.5. The Morgan fingerprint density at radius 1 is 1.09 bits per heavy atom. The Labute approximate surface area is 245 Å². The molecule has 2 fully saturated rings. The summed E-state index contributed by atoms with van der Waals surface area (Å²) in [4.78, 5) is 68.5. The first-order valence-corrected chi connectivity index (χ1v) is 15.5. The Kier molecular flexibility index (Phi) is 11.8. The summed E-state index contributed by atoms with van der Waals surface area (Å²) in [7, 11) is -11.3. The Hall–Kier alpha value is -2.40. The van der Waals surface area contributed by atoms with Gasteiger partial charge in [-0.2, -0.15) is 4.31 Å². The Balaban J connectivity index is 1.72. The summed E-state index contributed by atoms with van der Waals surface area (Å²) >= 11 is 0. The van der Waals surface area contributed by atoms with Crippen LogP contribution in [0.5, 0.6) is 0 Å². The van der Waals surface area contributed by atoms with Gasteiger partial charge in [0.1, 0.15) is 42.7 Å². The number of carboxylic acid groups (broad SMARTS) is 1. The molecule has 0 aromatic carbocycles. The molecular weight excluding hydrogens is 648 g/mol. The van der Waals surface area contributed by atoms with Crippen LogP contribution in [0.4, 0.5) is 0 Å². The molecule has 0 bridgehead atoms. The predicted octanol–water partition coefficient (Wildman–Crippen LogP) is -4.15. The van der Waals surface area contributed by atoms with E-state index in [2.05, 4.69) is 14.2 Å². The average molecular weight is 679 g/mol. The maximum absolute atomic E-state index is 12.7. The van der Waals surface area contributed by atoms with Crippen molar-refractivity contribution >= 4 is 27.5 Å². The van der Waals surface area contributed by atoms with Crippen molar-refractivity contribution in [2.75, 3.05) is 13.2 Å². The number of hydrogen-bond acceptors (Lipinski definition) is 16. The fourth-order valence-electron chi connectivity index (χ4n) is 4.20. The molecule has 0 spiro atoms. The molecule has 9 N–H and O–H groups in total. The molecule has 1 amide bonds. The molecule has 24 heteroatoms. The van der Waals surface area contributed by atoms with Gasteiger partial charge < -0.3 is 54.8 Å². The minimum Gasteiger partial charge on any atom is -0.479 e. The molecule has 3 heterocycles. The lowest BCUT2D eigenvalue weighted by atomic mass is 9.96. The average Bonchev–Trinajstić information content (AvgIpc) is 3.18. The number of carboxylic acids is 1. The van der Waals surface area contributed by atoms with Crippen LogP contribution < -0.4 is 16.6 Å². The summed E-state index contributed by atoms with van der Waals surface area (Å²) in [6, 6.07) is -0.828. The van der Waals surface area contributed by atoms with Crippen molar-refractivity contribution in [1.82, 2.24) is 14.9 Å². The highest BCUT2D eigenvalue weighted by Gasteiger charge is 2.52. The minimum absolute atomic E-state index is 0.709. The topological polar surface area (TPSA) is 332 Å². The highest BCUT2D eigenvalue weighted by Crippen LogP contribution is 2.61. The lowest BCUT2D eigenvalue weighted by Crippen LogP contribution is -2.65. The number of aliphatic carboxylic acids is 1. The van der Waals surface area contributed by atoms with E-state index in [1.807, 2.05) is 4.98 Å². The number of carbonyl (C=O) groups excluding carboxylic acids is 1. The third kappa shape index (κ3) is 8.86. The maximum Gasteiger partial charge on any atom is 0.483 e. The van der Waals surface area contributed by atoms with E-state index in [4.69, 9.17) is 18.7 Å². The predicted molar refractivity (Wildman–Crippen MR) is 136 cm³/mol. The Morgan fingerprint density at radius 3 is 2.32 bits per heavy atom. The van der Waals surface area contributed by atoms with E-state index in [0.717, 1.165) is 26.1 Å². The number of nitrogens with one attached hydrogen (secondary N) is 2. The van der Waals surface area contributed by atoms with Gasteiger partial charge in [-0.3, -0.25) is 28.2 Å². The van der Waals surface area contributed by atoms with Gasteiger partial charge in [0, 0.05) is 19.2 Å². The van der Waals surface area contributed by atoms with Crippen LogP contribution in [0, 0.1) is 0 Å². The fraction of sp³-hybridized carbons (Fsp3) is 0.700. The smallest absolute Gasteiger partial charge is 0.479 e. The number of hydrogen-bond donors (Lipinski definition) is 9. The highest BCUT2D eigenvalue weighted by atomic mass is 31.3. The normalized spacial score (nSPS) is 34.0. The largest absolute Gasteiger partial charge is 0.483 e. The molecule has 0 saturated carbocycles. The summed E-state index contributed by atoms with van der Waals surface area (Å²) < 4.78 is 55.3. The second kappa shape index (κ2) is 14.4. The van der Waals surface area contributed by atoms with Crippen LogP contribution in [-0.2, 0) is 46.3 Å². The number of aromatic nitrogens is 2. The molecule has 250 valence electrons. The molecule has 1 aromatic heterocycles. The monoisotopic (exact) mass is 679 g/mol. The van der Waals surface area contributed by atoms with Crippen molar-refractivity contribution in [2.24, 2.45) is 0 Å². The third-order valence-corrected chi connectivity index (χ3v) is 8.84. The van der Waals surface area contributed by atoms with Gasteiger partial charge >= 0.3 is 27.3 Å². The van der Waals surface area contributed by atoms with Gasteiger partial charge in [0.25, 0.3) is 5.56 Å². The summed E-state index contributed by atoms with van der Waals surface area (Å²) in [5.74, 6) is -2.35. The van der Waals surface area contributed by atoms with E-state index >= 15 is 0 Å². The van der Waals surface area contributed by atoms with Gasteiger partial charge in [-0.15, -0.1) is 0 Å². The number of aromatic amines is 1.